The average Bonchev–Trinajstić information content (AvgIpc) is 3.06. The summed E-state index contributed by atoms with van der Waals surface area (Å²) in [7, 11) is -4.77. The molecule has 3 aliphatic heterocycles. The molecule has 1 spiro atoms. The van der Waals surface area contributed by atoms with Crippen LogP contribution in [0.1, 0.15) is 43.5 Å². The summed E-state index contributed by atoms with van der Waals surface area (Å²) < 4.78 is 41.7. The Bertz CT molecular complexity index is 864. The monoisotopic (exact) mass is 399 g/mol. The first kappa shape index (κ1) is 17.3. The lowest BCUT2D eigenvalue weighted by Gasteiger charge is -2.34. The van der Waals surface area contributed by atoms with Gasteiger partial charge in [-0.05, 0) is 50.1 Å². The van der Waals surface area contributed by atoms with E-state index in [4.69, 9.17) is 8.97 Å². The van der Waals surface area contributed by atoms with Gasteiger partial charge in [0.15, 0.2) is 0 Å². The Morgan fingerprint density at radius 1 is 1.33 bits per heavy atom. The minimum atomic E-state index is -4.77. The van der Waals surface area contributed by atoms with Crippen molar-refractivity contribution in [3.8, 4) is 0 Å². The van der Waals surface area contributed by atoms with Crippen molar-refractivity contribution in [1.29, 1.82) is 0 Å². The van der Waals surface area contributed by atoms with Gasteiger partial charge in [-0.25, -0.2) is 4.79 Å². The molecule has 3 saturated heterocycles. The van der Waals surface area contributed by atoms with Crippen LogP contribution in [0.2, 0.25) is 0 Å². The number of hydroxylamine groups is 2. The quantitative estimate of drug-likeness (QED) is 0.646. The second-order valence-electron chi connectivity index (χ2n) is 7.96. The molecule has 1 saturated carbocycles. The topological polar surface area (TPSA) is 138 Å². The second-order valence-corrected chi connectivity index (χ2v) is 8.96. The Kier molecular flexibility index (Phi) is 3.77. The number of carbonyl (C=O) groups is 1. The van der Waals surface area contributed by atoms with Crippen LogP contribution in [-0.2, 0) is 21.1 Å². The van der Waals surface area contributed by atoms with Crippen molar-refractivity contribution >= 4 is 16.4 Å². The zero-order chi connectivity index (χ0) is 18.8. The summed E-state index contributed by atoms with van der Waals surface area (Å²) in [5.41, 5.74) is -0.232. The van der Waals surface area contributed by atoms with E-state index in [0.29, 0.717) is 37.1 Å². The van der Waals surface area contributed by atoms with E-state index in [1.165, 1.54) is 4.90 Å². The molecule has 12 heteroatoms. The van der Waals surface area contributed by atoms with Gasteiger partial charge < -0.3 is 14.6 Å². The van der Waals surface area contributed by atoms with Crippen LogP contribution in [-0.4, -0.2) is 64.8 Å². The lowest BCUT2D eigenvalue weighted by molar-refractivity contribution is -0.0530. The van der Waals surface area contributed by atoms with Crippen LogP contribution in [0.15, 0.2) is 4.42 Å². The maximum atomic E-state index is 12.7. The maximum absolute atomic E-state index is 12.7. The molecule has 2 bridgehead atoms. The second kappa shape index (κ2) is 5.87. The summed E-state index contributed by atoms with van der Waals surface area (Å²) in [6, 6.07) is -1.42. The lowest BCUT2D eigenvalue weighted by Crippen LogP contribution is -2.43. The Labute approximate surface area is 155 Å². The highest BCUT2D eigenvalue weighted by Crippen LogP contribution is 2.61. The van der Waals surface area contributed by atoms with Crippen molar-refractivity contribution in [3.63, 3.8) is 0 Å². The van der Waals surface area contributed by atoms with Crippen molar-refractivity contribution in [2.24, 2.45) is 11.3 Å². The number of amides is 2. The molecule has 1 aliphatic carbocycles. The highest BCUT2D eigenvalue weighted by molar-refractivity contribution is 7.80. The first-order chi connectivity index (χ1) is 12.8. The third-order valence-corrected chi connectivity index (χ3v) is 6.59. The number of piperidine rings is 1. The fourth-order valence-corrected chi connectivity index (χ4v) is 4.79. The van der Waals surface area contributed by atoms with E-state index >= 15 is 0 Å². The molecule has 0 aromatic carbocycles. The van der Waals surface area contributed by atoms with Gasteiger partial charge >= 0.3 is 16.4 Å². The summed E-state index contributed by atoms with van der Waals surface area (Å²) in [5.74, 6) is 1.57. The van der Waals surface area contributed by atoms with Crippen molar-refractivity contribution in [1.82, 2.24) is 25.5 Å². The summed E-state index contributed by atoms with van der Waals surface area (Å²) >= 11 is 0. The zero-order valence-corrected chi connectivity index (χ0v) is 15.4. The van der Waals surface area contributed by atoms with Crippen LogP contribution in [0.3, 0.4) is 0 Å². The number of nitrogens with one attached hydrogen (secondary N) is 1. The molecule has 1 aromatic heterocycles. The number of urea groups is 1. The average molecular weight is 399 g/mol. The summed E-state index contributed by atoms with van der Waals surface area (Å²) in [6.45, 7) is 2.34. The van der Waals surface area contributed by atoms with Crippen molar-refractivity contribution in [3.05, 3.63) is 11.8 Å². The standard InChI is InChI=1S/C15H21N5O6S/c21-14-19-8-11(20(14)26-27(22,23)24)15(3-4-15)5-10(19)13-18-17-12(25-13)2-1-9-6-16-7-9/h9-11,16H,1-8H2,(H,22,23,24)/t10-,11-/m0/s1. The van der Waals surface area contributed by atoms with Gasteiger partial charge in [0.1, 0.15) is 6.04 Å². The number of rotatable bonds is 6. The molecule has 4 fully saturated rings. The number of aryl methyl sites for hydroxylation is 1. The zero-order valence-electron chi connectivity index (χ0n) is 14.6. The summed E-state index contributed by atoms with van der Waals surface area (Å²) in [5, 5.41) is 12.3. The van der Waals surface area contributed by atoms with E-state index in [-0.39, 0.29) is 5.41 Å². The third-order valence-electron chi connectivity index (χ3n) is 6.24. The number of hydrogen-bond donors (Lipinski definition) is 2. The normalized spacial score (nSPS) is 29.4. The molecule has 2 atom stereocenters. The first-order valence-electron chi connectivity index (χ1n) is 9.14. The molecular weight excluding hydrogens is 378 g/mol. The number of hydrogen-bond acceptors (Lipinski definition) is 8. The van der Waals surface area contributed by atoms with Gasteiger partial charge in [-0.2, -0.15) is 13.5 Å². The maximum Gasteiger partial charge on any atom is 0.418 e. The minimum Gasteiger partial charge on any atom is -0.423 e. The van der Waals surface area contributed by atoms with Gasteiger partial charge in [-0.15, -0.1) is 14.5 Å². The van der Waals surface area contributed by atoms with Crippen LogP contribution in [0.4, 0.5) is 4.79 Å². The molecule has 4 aliphatic rings. The van der Waals surface area contributed by atoms with Crippen molar-refractivity contribution in [2.45, 2.75) is 44.2 Å². The van der Waals surface area contributed by atoms with Gasteiger partial charge in [-0.3, -0.25) is 4.55 Å². The Hall–Kier alpha value is -1.76. The summed E-state index contributed by atoms with van der Waals surface area (Å²) in [6.07, 6.45) is 4.01. The van der Waals surface area contributed by atoms with Gasteiger partial charge in [0.05, 0.1) is 6.04 Å². The van der Waals surface area contributed by atoms with E-state index in [1.807, 2.05) is 0 Å². The molecule has 2 amide bonds. The number of nitrogens with zero attached hydrogens (tertiary/aromatic N) is 4. The molecule has 1 aromatic rings. The smallest absolute Gasteiger partial charge is 0.418 e. The fourth-order valence-electron chi connectivity index (χ4n) is 4.42. The van der Waals surface area contributed by atoms with Gasteiger partial charge in [0.2, 0.25) is 11.8 Å². The van der Waals surface area contributed by atoms with Crippen LogP contribution in [0.25, 0.3) is 0 Å². The highest BCUT2D eigenvalue weighted by Gasteiger charge is 2.64. The molecule has 2 N–H and O–H groups in total. The molecule has 5 rings (SSSR count). The van der Waals surface area contributed by atoms with E-state index < -0.39 is 28.5 Å². The van der Waals surface area contributed by atoms with Gasteiger partial charge in [-0.1, -0.05) is 0 Å². The third kappa shape index (κ3) is 3.00. The predicted octanol–water partition coefficient (Wildman–Crippen LogP) is 0.287. The van der Waals surface area contributed by atoms with Crippen LogP contribution >= 0.6 is 0 Å². The van der Waals surface area contributed by atoms with Crippen LogP contribution in [0, 0.1) is 11.3 Å². The number of fused-ring (bicyclic) bond motifs is 3. The Morgan fingerprint density at radius 2 is 2.11 bits per heavy atom. The van der Waals surface area contributed by atoms with Crippen LogP contribution in [0.5, 0.6) is 0 Å². The van der Waals surface area contributed by atoms with E-state index in [0.717, 1.165) is 37.4 Å². The summed E-state index contributed by atoms with van der Waals surface area (Å²) in [4.78, 5) is 14.2. The van der Waals surface area contributed by atoms with Gasteiger partial charge in [0.25, 0.3) is 0 Å². The lowest BCUT2D eigenvalue weighted by atomic mass is 9.85. The molecule has 11 nitrogen and oxygen atoms in total. The number of aromatic nitrogens is 2. The molecular formula is C15H21N5O6S. The van der Waals surface area contributed by atoms with E-state index in [9.17, 15) is 13.2 Å². The fraction of sp³-hybridized carbons (Fsp3) is 0.800. The van der Waals surface area contributed by atoms with Crippen LogP contribution < -0.4 is 5.32 Å². The largest absolute Gasteiger partial charge is 0.423 e. The van der Waals surface area contributed by atoms with Crippen molar-refractivity contribution in [2.75, 3.05) is 19.6 Å². The molecule has 4 heterocycles. The minimum absolute atomic E-state index is 0.232. The Balaban J connectivity index is 1.35. The van der Waals surface area contributed by atoms with E-state index in [2.05, 4.69) is 19.8 Å². The van der Waals surface area contributed by atoms with Gasteiger partial charge in [0, 0.05) is 13.0 Å². The Morgan fingerprint density at radius 3 is 2.74 bits per heavy atom. The first-order valence-corrected chi connectivity index (χ1v) is 10.5. The molecule has 148 valence electrons. The molecule has 0 unspecified atom stereocenters. The highest BCUT2D eigenvalue weighted by atomic mass is 32.3. The SMILES string of the molecule is O=C1N2C[C@H](N1OS(=O)(=O)O)C1(CC1)C[C@H]2c1nnc(CCC2CNC2)o1. The molecule has 0 radical (unpaired) electrons. The number of carbonyl (C=O) groups excluding carboxylic acids is 1. The van der Waals surface area contributed by atoms with E-state index in [1.54, 1.807) is 0 Å². The van der Waals surface area contributed by atoms with Crippen molar-refractivity contribution < 1.29 is 26.5 Å². The predicted molar refractivity (Wildman–Crippen MR) is 88.4 cm³/mol. The molecule has 27 heavy (non-hydrogen) atoms.